The molecule has 0 saturated carbocycles. The fraction of sp³-hybridized carbons (Fsp3) is 0.636. The Bertz CT molecular complexity index is 293. The first kappa shape index (κ1) is 10.7. The lowest BCUT2D eigenvalue weighted by molar-refractivity contribution is 0.0341. The zero-order valence-electron chi connectivity index (χ0n) is 8.95. The first-order valence-corrected chi connectivity index (χ1v) is 5.45. The predicted octanol–water partition coefficient (Wildman–Crippen LogP) is 0.613. The monoisotopic (exact) mass is 210 g/mol. The van der Waals surface area contributed by atoms with Gasteiger partial charge in [-0.1, -0.05) is 0 Å². The summed E-state index contributed by atoms with van der Waals surface area (Å²) in [4.78, 5) is 2.38. The van der Waals surface area contributed by atoms with E-state index in [0.717, 1.165) is 45.0 Å². The molecule has 0 radical (unpaired) electrons. The molecule has 1 aromatic heterocycles. The van der Waals surface area contributed by atoms with Gasteiger partial charge in [0.1, 0.15) is 5.76 Å². The third-order valence-electron chi connectivity index (χ3n) is 2.61. The first-order valence-electron chi connectivity index (χ1n) is 5.45. The zero-order chi connectivity index (χ0) is 10.5. The largest absolute Gasteiger partial charge is 0.469 e. The number of morpholine rings is 1. The minimum Gasteiger partial charge on any atom is -0.469 e. The van der Waals surface area contributed by atoms with Crippen LogP contribution in [0, 0.1) is 0 Å². The second kappa shape index (κ2) is 5.30. The zero-order valence-corrected chi connectivity index (χ0v) is 8.95. The van der Waals surface area contributed by atoms with E-state index in [2.05, 4.69) is 11.0 Å². The molecule has 0 amide bonds. The van der Waals surface area contributed by atoms with Gasteiger partial charge in [-0.2, -0.15) is 0 Å². The van der Waals surface area contributed by atoms with E-state index in [4.69, 9.17) is 14.9 Å². The maximum atomic E-state index is 5.47. The number of nitrogens with two attached hydrogens (primary N) is 1. The van der Waals surface area contributed by atoms with Gasteiger partial charge in [-0.15, -0.1) is 0 Å². The topological polar surface area (TPSA) is 51.6 Å². The number of furan rings is 1. The van der Waals surface area contributed by atoms with E-state index >= 15 is 0 Å². The Morgan fingerprint density at radius 2 is 2.13 bits per heavy atom. The molecule has 1 aromatic rings. The van der Waals surface area contributed by atoms with Gasteiger partial charge < -0.3 is 14.9 Å². The summed E-state index contributed by atoms with van der Waals surface area (Å²) in [7, 11) is 0. The van der Waals surface area contributed by atoms with Crippen molar-refractivity contribution in [1.29, 1.82) is 0 Å². The summed E-state index contributed by atoms with van der Waals surface area (Å²) in [6, 6.07) is 2.10. The fourth-order valence-electron chi connectivity index (χ4n) is 1.80. The van der Waals surface area contributed by atoms with E-state index in [1.54, 1.807) is 0 Å². The van der Waals surface area contributed by atoms with E-state index in [1.165, 1.54) is 5.56 Å². The van der Waals surface area contributed by atoms with Gasteiger partial charge in [0, 0.05) is 31.6 Å². The standard InChI is InChI=1S/C11H18N2O2/c12-2-1-11-7-10(9-15-11)8-13-3-5-14-6-4-13/h7,9H,1-6,8,12H2. The van der Waals surface area contributed by atoms with Crippen molar-refractivity contribution in [1.82, 2.24) is 4.90 Å². The third-order valence-corrected chi connectivity index (χ3v) is 2.61. The molecule has 0 spiro atoms. The molecular formula is C11H18N2O2. The van der Waals surface area contributed by atoms with Crippen LogP contribution >= 0.6 is 0 Å². The third kappa shape index (κ3) is 3.06. The number of rotatable bonds is 4. The summed E-state index contributed by atoms with van der Waals surface area (Å²) in [6.07, 6.45) is 2.66. The lowest BCUT2D eigenvalue weighted by Gasteiger charge is -2.25. The van der Waals surface area contributed by atoms with E-state index in [1.807, 2.05) is 6.26 Å². The molecule has 0 aromatic carbocycles. The molecule has 4 heteroatoms. The summed E-state index contributed by atoms with van der Waals surface area (Å²) in [5.74, 6) is 0.987. The minimum atomic E-state index is 0.643. The number of hydrogen-bond donors (Lipinski definition) is 1. The van der Waals surface area contributed by atoms with Crippen molar-refractivity contribution in [3.05, 3.63) is 23.7 Å². The molecule has 1 fully saturated rings. The van der Waals surface area contributed by atoms with Crippen LogP contribution in [0.3, 0.4) is 0 Å². The van der Waals surface area contributed by atoms with Crippen molar-refractivity contribution < 1.29 is 9.15 Å². The van der Waals surface area contributed by atoms with Crippen molar-refractivity contribution in [2.75, 3.05) is 32.8 Å². The van der Waals surface area contributed by atoms with Gasteiger partial charge in [0.05, 0.1) is 19.5 Å². The maximum Gasteiger partial charge on any atom is 0.105 e. The second-order valence-corrected chi connectivity index (χ2v) is 3.85. The highest BCUT2D eigenvalue weighted by molar-refractivity contribution is 5.13. The molecule has 84 valence electrons. The van der Waals surface area contributed by atoms with Crippen LogP contribution in [0.15, 0.2) is 16.7 Å². The lowest BCUT2D eigenvalue weighted by Crippen LogP contribution is -2.35. The molecule has 0 bridgehead atoms. The fourth-order valence-corrected chi connectivity index (χ4v) is 1.80. The van der Waals surface area contributed by atoms with Crippen molar-refractivity contribution in [2.45, 2.75) is 13.0 Å². The van der Waals surface area contributed by atoms with Gasteiger partial charge in [0.25, 0.3) is 0 Å². The molecule has 4 nitrogen and oxygen atoms in total. The normalized spacial score (nSPS) is 18.2. The van der Waals surface area contributed by atoms with E-state index < -0.39 is 0 Å². The molecule has 0 unspecified atom stereocenters. The Kier molecular flexibility index (Phi) is 3.77. The predicted molar refractivity (Wildman–Crippen MR) is 57.6 cm³/mol. The average molecular weight is 210 g/mol. The molecule has 2 rings (SSSR count). The molecule has 2 N–H and O–H groups in total. The van der Waals surface area contributed by atoms with E-state index in [-0.39, 0.29) is 0 Å². The minimum absolute atomic E-state index is 0.643. The SMILES string of the molecule is NCCc1cc(CN2CCOCC2)co1. The molecule has 1 saturated heterocycles. The molecule has 1 aliphatic rings. The quantitative estimate of drug-likeness (QED) is 0.791. The highest BCUT2D eigenvalue weighted by Gasteiger charge is 2.11. The number of nitrogens with zero attached hydrogens (tertiary/aromatic N) is 1. The summed E-state index contributed by atoms with van der Waals surface area (Å²) < 4.78 is 10.7. The second-order valence-electron chi connectivity index (χ2n) is 3.85. The molecule has 0 aliphatic carbocycles. The van der Waals surface area contributed by atoms with Gasteiger partial charge in [-0.3, -0.25) is 4.90 Å². The van der Waals surface area contributed by atoms with Crippen LogP contribution < -0.4 is 5.73 Å². The van der Waals surface area contributed by atoms with Gasteiger partial charge in [-0.05, 0) is 12.6 Å². The van der Waals surface area contributed by atoms with Crippen molar-refractivity contribution in [3.8, 4) is 0 Å². The van der Waals surface area contributed by atoms with Crippen LogP contribution in [-0.2, 0) is 17.7 Å². The first-order chi connectivity index (χ1) is 7.38. The highest BCUT2D eigenvalue weighted by atomic mass is 16.5. The summed E-state index contributed by atoms with van der Waals surface area (Å²) in [6.45, 7) is 5.30. The van der Waals surface area contributed by atoms with Crippen LogP contribution in [0.4, 0.5) is 0 Å². The van der Waals surface area contributed by atoms with Crippen LogP contribution in [0.1, 0.15) is 11.3 Å². The molecule has 15 heavy (non-hydrogen) atoms. The summed E-state index contributed by atoms with van der Waals surface area (Å²) in [5, 5.41) is 0. The van der Waals surface area contributed by atoms with Crippen LogP contribution in [0.25, 0.3) is 0 Å². The lowest BCUT2D eigenvalue weighted by atomic mass is 10.2. The Labute approximate surface area is 90.0 Å². The van der Waals surface area contributed by atoms with Crippen molar-refractivity contribution in [3.63, 3.8) is 0 Å². The van der Waals surface area contributed by atoms with Crippen molar-refractivity contribution >= 4 is 0 Å². The van der Waals surface area contributed by atoms with Gasteiger partial charge in [0.15, 0.2) is 0 Å². The van der Waals surface area contributed by atoms with Crippen LogP contribution in [0.2, 0.25) is 0 Å². The Balaban J connectivity index is 1.86. The molecular weight excluding hydrogens is 192 g/mol. The number of hydrogen-bond acceptors (Lipinski definition) is 4. The average Bonchev–Trinajstić information content (AvgIpc) is 2.68. The Morgan fingerprint density at radius 3 is 2.87 bits per heavy atom. The molecule has 1 aliphatic heterocycles. The maximum absolute atomic E-state index is 5.47. The summed E-state index contributed by atoms with van der Waals surface area (Å²) >= 11 is 0. The van der Waals surface area contributed by atoms with Gasteiger partial charge in [-0.25, -0.2) is 0 Å². The van der Waals surface area contributed by atoms with Gasteiger partial charge >= 0.3 is 0 Å². The smallest absolute Gasteiger partial charge is 0.105 e. The van der Waals surface area contributed by atoms with E-state index in [0.29, 0.717) is 6.54 Å². The molecule has 0 atom stereocenters. The van der Waals surface area contributed by atoms with Crippen molar-refractivity contribution in [2.24, 2.45) is 5.73 Å². The molecule has 2 heterocycles. The van der Waals surface area contributed by atoms with Crippen LogP contribution in [-0.4, -0.2) is 37.7 Å². The number of ether oxygens (including phenoxy) is 1. The summed E-state index contributed by atoms with van der Waals surface area (Å²) in [5.41, 5.74) is 6.70. The van der Waals surface area contributed by atoms with E-state index in [9.17, 15) is 0 Å². The Hall–Kier alpha value is -0.840. The van der Waals surface area contributed by atoms with Crippen LogP contribution in [0.5, 0.6) is 0 Å². The Morgan fingerprint density at radius 1 is 1.33 bits per heavy atom. The van der Waals surface area contributed by atoms with Gasteiger partial charge in [0.2, 0.25) is 0 Å². The highest BCUT2D eigenvalue weighted by Crippen LogP contribution is 2.11.